The number of carbonyl (C=O) groups excluding carboxylic acids is 1. The second-order valence-corrected chi connectivity index (χ2v) is 10.1. The van der Waals surface area contributed by atoms with Crippen molar-refractivity contribution in [3.8, 4) is 5.19 Å². The Hall–Kier alpha value is -2.13. The number of aryl methyl sites for hydroxylation is 1. The van der Waals surface area contributed by atoms with Crippen LogP contribution >= 0.6 is 11.3 Å². The van der Waals surface area contributed by atoms with Gasteiger partial charge in [0.25, 0.3) is 11.6 Å². The molecule has 0 atom stereocenters. The lowest BCUT2D eigenvalue weighted by Crippen LogP contribution is -2.38. The van der Waals surface area contributed by atoms with Gasteiger partial charge < -0.3 is 10.1 Å². The van der Waals surface area contributed by atoms with Gasteiger partial charge in [-0.2, -0.15) is 0 Å². The predicted molar refractivity (Wildman–Crippen MR) is 124 cm³/mol. The zero-order chi connectivity index (χ0) is 23.0. The van der Waals surface area contributed by atoms with Gasteiger partial charge in [0.05, 0.1) is 5.69 Å². The third kappa shape index (κ3) is 7.43. The summed E-state index contributed by atoms with van der Waals surface area (Å²) in [5, 5.41) is 3.57. The Bertz CT molecular complexity index is 888. The molecule has 1 aliphatic heterocycles. The molecule has 2 aromatic rings. The second kappa shape index (κ2) is 11.8. The number of aromatic nitrogens is 2. The molecule has 0 spiro atoms. The van der Waals surface area contributed by atoms with E-state index in [0.29, 0.717) is 23.6 Å². The largest absolute Gasteiger partial charge is 0.464 e. The lowest BCUT2D eigenvalue weighted by Gasteiger charge is -2.32. The first-order chi connectivity index (χ1) is 16.0. The average Bonchev–Trinajstić information content (AvgIpc) is 3.24. The van der Waals surface area contributed by atoms with Crippen LogP contribution in [-0.4, -0.2) is 52.9 Å². The van der Waals surface area contributed by atoms with Crippen molar-refractivity contribution >= 4 is 17.2 Å². The van der Waals surface area contributed by atoms with E-state index in [4.69, 9.17) is 4.74 Å². The Morgan fingerprint density at radius 3 is 2.91 bits per heavy atom. The number of ether oxygens (including phenoxy) is 1. The molecule has 180 valence electrons. The van der Waals surface area contributed by atoms with Gasteiger partial charge in [-0.25, -0.2) is 13.8 Å². The van der Waals surface area contributed by atoms with E-state index in [1.54, 1.807) is 6.20 Å². The molecule has 6 nitrogen and oxygen atoms in total. The molecule has 0 unspecified atom stereocenters. The highest BCUT2D eigenvalue weighted by Crippen LogP contribution is 2.31. The molecule has 0 aromatic carbocycles. The minimum atomic E-state index is -2.47. The van der Waals surface area contributed by atoms with Crippen LogP contribution in [0.3, 0.4) is 0 Å². The van der Waals surface area contributed by atoms with Crippen molar-refractivity contribution in [2.45, 2.75) is 70.4 Å². The highest BCUT2D eigenvalue weighted by atomic mass is 32.1. The van der Waals surface area contributed by atoms with E-state index in [1.165, 1.54) is 11.3 Å². The first-order valence-electron chi connectivity index (χ1n) is 11.9. The van der Waals surface area contributed by atoms with Gasteiger partial charge in [0.15, 0.2) is 6.61 Å². The molecule has 9 heteroatoms. The molecule has 0 bridgehead atoms. The SMILES string of the molecule is O=C(CCc1cccnc1)NC1CCC(CCN2CCc3sc(OCC(F)F)nc3C2)CC1. The summed E-state index contributed by atoms with van der Waals surface area (Å²) < 4.78 is 29.8. The summed E-state index contributed by atoms with van der Waals surface area (Å²) in [7, 11) is 0. The topological polar surface area (TPSA) is 67.4 Å². The van der Waals surface area contributed by atoms with Gasteiger partial charge in [-0.1, -0.05) is 17.4 Å². The van der Waals surface area contributed by atoms with E-state index in [-0.39, 0.29) is 5.91 Å². The zero-order valence-corrected chi connectivity index (χ0v) is 19.7. The fraction of sp³-hybridized carbons (Fsp3) is 0.625. The van der Waals surface area contributed by atoms with Gasteiger partial charge in [0.2, 0.25) is 5.91 Å². The van der Waals surface area contributed by atoms with Crippen LogP contribution in [0.2, 0.25) is 0 Å². The maximum absolute atomic E-state index is 12.3. The fourth-order valence-electron chi connectivity index (χ4n) is 4.68. The minimum Gasteiger partial charge on any atom is -0.464 e. The molecular weight excluding hydrogens is 446 g/mol. The van der Waals surface area contributed by atoms with Crippen molar-refractivity contribution in [1.82, 2.24) is 20.2 Å². The van der Waals surface area contributed by atoms with Gasteiger partial charge >= 0.3 is 0 Å². The van der Waals surface area contributed by atoms with Crippen LogP contribution in [0.25, 0.3) is 0 Å². The Labute approximate surface area is 197 Å². The number of nitrogens with zero attached hydrogens (tertiary/aromatic N) is 3. The third-order valence-electron chi connectivity index (χ3n) is 6.55. The van der Waals surface area contributed by atoms with Crippen molar-refractivity contribution in [2.75, 3.05) is 19.7 Å². The van der Waals surface area contributed by atoms with Crippen LogP contribution < -0.4 is 10.1 Å². The third-order valence-corrected chi connectivity index (χ3v) is 7.62. The number of nitrogens with one attached hydrogen (secondary N) is 1. The van der Waals surface area contributed by atoms with E-state index < -0.39 is 13.0 Å². The number of alkyl halides is 2. The number of amides is 1. The number of hydrogen-bond acceptors (Lipinski definition) is 6. The predicted octanol–water partition coefficient (Wildman–Crippen LogP) is 4.24. The van der Waals surface area contributed by atoms with E-state index >= 15 is 0 Å². The first-order valence-corrected chi connectivity index (χ1v) is 12.7. The number of fused-ring (bicyclic) bond motifs is 1. The lowest BCUT2D eigenvalue weighted by atomic mass is 9.84. The molecule has 1 amide bonds. The van der Waals surface area contributed by atoms with E-state index in [0.717, 1.165) is 80.7 Å². The van der Waals surface area contributed by atoms with Crippen LogP contribution in [0.4, 0.5) is 8.78 Å². The maximum Gasteiger partial charge on any atom is 0.273 e. The second-order valence-electron chi connectivity index (χ2n) is 9.01. The number of pyridine rings is 1. The quantitative estimate of drug-likeness (QED) is 0.553. The Balaban J connectivity index is 1.12. The molecule has 0 saturated heterocycles. The van der Waals surface area contributed by atoms with Crippen molar-refractivity contribution in [3.63, 3.8) is 0 Å². The van der Waals surface area contributed by atoms with Crippen LogP contribution in [0.5, 0.6) is 5.19 Å². The summed E-state index contributed by atoms with van der Waals surface area (Å²) in [5.41, 5.74) is 2.07. The molecule has 4 rings (SSSR count). The van der Waals surface area contributed by atoms with Crippen molar-refractivity contribution < 1.29 is 18.3 Å². The smallest absolute Gasteiger partial charge is 0.273 e. The molecule has 1 saturated carbocycles. The van der Waals surface area contributed by atoms with Gasteiger partial charge in [0, 0.05) is 42.8 Å². The summed E-state index contributed by atoms with van der Waals surface area (Å²) in [4.78, 5) is 24.4. The summed E-state index contributed by atoms with van der Waals surface area (Å²) in [5.74, 6) is 0.821. The maximum atomic E-state index is 12.3. The molecule has 1 fully saturated rings. The van der Waals surface area contributed by atoms with E-state index in [1.807, 2.05) is 18.3 Å². The monoisotopic (exact) mass is 478 g/mol. The van der Waals surface area contributed by atoms with E-state index in [9.17, 15) is 13.6 Å². The average molecular weight is 479 g/mol. The Morgan fingerprint density at radius 2 is 2.15 bits per heavy atom. The number of halogens is 2. The van der Waals surface area contributed by atoms with Gasteiger partial charge in [0.1, 0.15) is 0 Å². The molecule has 3 heterocycles. The summed E-state index contributed by atoms with van der Waals surface area (Å²) in [6.45, 7) is 2.18. The number of hydrogen-bond donors (Lipinski definition) is 1. The van der Waals surface area contributed by atoms with Gasteiger partial charge in [-0.3, -0.25) is 14.7 Å². The molecule has 33 heavy (non-hydrogen) atoms. The molecule has 2 aliphatic rings. The van der Waals surface area contributed by atoms with Crippen LogP contribution in [0, 0.1) is 5.92 Å². The standard InChI is InChI=1S/C24H32F2N4O2S/c25-22(26)16-32-24-29-20-15-30(13-10-21(20)33-24)12-9-17-3-6-19(7-4-17)28-23(31)8-5-18-2-1-11-27-14-18/h1-2,11,14,17,19,22H,3-10,12-13,15-16H2,(H,28,31). The van der Waals surface area contributed by atoms with Gasteiger partial charge in [-0.15, -0.1) is 0 Å². The number of thiazole rings is 1. The van der Waals surface area contributed by atoms with Crippen LogP contribution in [-0.2, 0) is 24.2 Å². The van der Waals surface area contributed by atoms with Crippen molar-refractivity contribution in [2.24, 2.45) is 5.92 Å². The molecular formula is C24H32F2N4O2S. The fourth-order valence-corrected chi connectivity index (χ4v) is 5.60. The first kappa shape index (κ1) is 24.0. The van der Waals surface area contributed by atoms with Crippen molar-refractivity contribution in [3.05, 3.63) is 40.7 Å². The molecule has 1 aliphatic carbocycles. The normalized spacial score (nSPS) is 21.1. The molecule has 0 radical (unpaired) electrons. The van der Waals surface area contributed by atoms with Crippen LogP contribution in [0.1, 0.15) is 54.7 Å². The Kier molecular flexibility index (Phi) is 8.61. The van der Waals surface area contributed by atoms with E-state index in [2.05, 4.69) is 20.2 Å². The molecule has 2 aromatic heterocycles. The zero-order valence-electron chi connectivity index (χ0n) is 18.8. The summed E-state index contributed by atoms with van der Waals surface area (Å²) in [6, 6.07) is 4.20. The molecule has 1 N–H and O–H groups in total. The number of carbonyl (C=O) groups is 1. The van der Waals surface area contributed by atoms with Crippen LogP contribution in [0.15, 0.2) is 24.5 Å². The van der Waals surface area contributed by atoms with Gasteiger partial charge in [-0.05, 0) is 69.0 Å². The lowest BCUT2D eigenvalue weighted by molar-refractivity contribution is -0.122. The van der Waals surface area contributed by atoms with Crippen molar-refractivity contribution in [1.29, 1.82) is 0 Å². The number of rotatable bonds is 10. The summed E-state index contributed by atoms with van der Waals surface area (Å²) >= 11 is 1.40. The minimum absolute atomic E-state index is 0.131. The highest BCUT2D eigenvalue weighted by molar-refractivity contribution is 7.13. The summed E-state index contributed by atoms with van der Waals surface area (Å²) in [6.07, 6.45) is 8.76. The Morgan fingerprint density at radius 1 is 1.30 bits per heavy atom. The highest BCUT2D eigenvalue weighted by Gasteiger charge is 2.25.